The van der Waals surface area contributed by atoms with Crippen LogP contribution in [0, 0.1) is 12.8 Å². The Morgan fingerprint density at radius 1 is 1.17 bits per heavy atom. The summed E-state index contributed by atoms with van der Waals surface area (Å²) < 4.78 is 6.18. The first-order valence-electron chi connectivity index (χ1n) is 9.92. The Morgan fingerprint density at radius 3 is 2.52 bits per heavy atom. The summed E-state index contributed by atoms with van der Waals surface area (Å²) in [5, 5.41) is 9.94. The number of hydrogen-bond acceptors (Lipinski definition) is 3. The first-order chi connectivity index (χ1) is 13.9. The number of carboxylic acid groups (broad SMARTS) is 1. The smallest absolute Gasteiger partial charge is 0.306 e. The first-order valence-corrected chi connectivity index (χ1v) is 10.3. The third-order valence-corrected chi connectivity index (χ3v) is 5.84. The highest BCUT2D eigenvalue weighted by molar-refractivity contribution is 6.30. The van der Waals surface area contributed by atoms with Gasteiger partial charge in [-0.05, 0) is 48.9 Å². The molecule has 0 radical (unpaired) electrons. The van der Waals surface area contributed by atoms with Crippen LogP contribution in [0.25, 0.3) is 0 Å². The average Bonchev–Trinajstić information content (AvgIpc) is 3.49. The average molecular weight is 414 g/mol. The maximum absolute atomic E-state index is 13.2. The molecule has 0 bridgehead atoms. The van der Waals surface area contributed by atoms with E-state index in [9.17, 15) is 14.7 Å². The molecule has 1 amide bonds. The molecule has 2 aromatic carbocycles. The molecule has 1 N–H and O–H groups in total. The molecule has 1 aliphatic heterocycles. The predicted molar refractivity (Wildman–Crippen MR) is 110 cm³/mol. The van der Waals surface area contributed by atoms with Crippen molar-refractivity contribution in [1.29, 1.82) is 0 Å². The minimum atomic E-state index is -1.04. The number of nitrogens with zero attached hydrogens (tertiary/aromatic N) is 1. The summed E-state index contributed by atoms with van der Waals surface area (Å²) in [6, 6.07) is 15.1. The third kappa shape index (κ3) is 4.46. The van der Waals surface area contributed by atoms with Gasteiger partial charge >= 0.3 is 5.97 Å². The Labute approximate surface area is 175 Å². The Morgan fingerprint density at radius 2 is 1.90 bits per heavy atom. The van der Waals surface area contributed by atoms with Crippen molar-refractivity contribution in [1.82, 2.24) is 4.90 Å². The van der Waals surface area contributed by atoms with Gasteiger partial charge in [-0.2, -0.15) is 0 Å². The van der Waals surface area contributed by atoms with E-state index < -0.39 is 18.2 Å². The molecule has 1 saturated carbocycles. The number of ether oxygens (including phenoxy) is 1. The largest absolute Gasteiger partial charge is 0.481 e. The van der Waals surface area contributed by atoms with Gasteiger partial charge in [-0.1, -0.05) is 53.6 Å². The number of morpholine rings is 1. The maximum Gasteiger partial charge on any atom is 0.306 e. The van der Waals surface area contributed by atoms with Crippen LogP contribution in [0.2, 0.25) is 5.02 Å². The van der Waals surface area contributed by atoms with Gasteiger partial charge in [0, 0.05) is 11.6 Å². The van der Waals surface area contributed by atoms with Crippen LogP contribution in [0.4, 0.5) is 0 Å². The molecule has 5 nitrogen and oxygen atoms in total. The second-order valence-electron chi connectivity index (χ2n) is 7.99. The summed E-state index contributed by atoms with van der Waals surface area (Å²) in [5.74, 6) is -0.818. The second-order valence-corrected chi connectivity index (χ2v) is 8.42. The number of aryl methyl sites for hydroxylation is 1. The van der Waals surface area contributed by atoms with Crippen molar-refractivity contribution in [3.05, 3.63) is 70.2 Å². The molecule has 29 heavy (non-hydrogen) atoms. The Hall–Kier alpha value is -2.37. The van der Waals surface area contributed by atoms with E-state index in [0.717, 1.165) is 29.5 Å². The molecule has 6 heteroatoms. The van der Waals surface area contributed by atoms with Gasteiger partial charge in [0.25, 0.3) is 5.91 Å². The van der Waals surface area contributed by atoms with Crippen molar-refractivity contribution in [3.8, 4) is 0 Å². The van der Waals surface area contributed by atoms with Crippen LogP contribution >= 0.6 is 11.6 Å². The molecule has 2 aliphatic rings. The molecular formula is C23H24ClNO4. The van der Waals surface area contributed by atoms with Crippen LogP contribution in [0.3, 0.4) is 0 Å². The highest BCUT2D eigenvalue weighted by Gasteiger charge is 2.46. The number of carboxylic acids is 1. The molecule has 1 heterocycles. The number of carbonyl (C=O) groups is 2. The Kier molecular flexibility index (Phi) is 5.61. The minimum absolute atomic E-state index is 0.247. The van der Waals surface area contributed by atoms with E-state index in [-0.39, 0.29) is 18.4 Å². The second kappa shape index (κ2) is 8.17. The molecule has 1 aliphatic carbocycles. The van der Waals surface area contributed by atoms with Gasteiger partial charge in [0.05, 0.1) is 12.5 Å². The quantitative estimate of drug-likeness (QED) is 0.754. The Bertz CT molecular complexity index is 909. The van der Waals surface area contributed by atoms with Gasteiger partial charge in [-0.25, -0.2) is 0 Å². The first kappa shape index (κ1) is 19.9. The van der Waals surface area contributed by atoms with E-state index in [1.807, 2.05) is 60.4 Å². The molecule has 1 saturated heterocycles. The number of halogens is 1. The topological polar surface area (TPSA) is 66.8 Å². The fourth-order valence-electron chi connectivity index (χ4n) is 3.99. The lowest BCUT2D eigenvalue weighted by Gasteiger charge is -2.45. The lowest BCUT2D eigenvalue weighted by molar-refractivity contribution is -0.179. The normalized spacial score (nSPS) is 24.6. The van der Waals surface area contributed by atoms with Gasteiger partial charge < -0.3 is 14.7 Å². The molecule has 3 atom stereocenters. The van der Waals surface area contributed by atoms with E-state index in [2.05, 4.69) is 0 Å². The van der Waals surface area contributed by atoms with Gasteiger partial charge in [-0.15, -0.1) is 0 Å². The van der Waals surface area contributed by atoms with E-state index in [0.29, 0.717) is 17.5 Å². The third-order valence-electron chi connectivity index (χ3n) is 5.59. The monoisotopic (exact) mass is 413 g/mol. The van der Waals surface area contributed by atoms with Crippen molar-refractivity contribution in [2.75, 3.05) is 6.54 Å². The van der Waals surface area contributed by atoms with Crippen LogP contribution < -0.4 is 0 Å². The molecule has 0 aromatic heterocycles. The van der Waals surface area contributed by atoms with Crippen molar-refractivity contribution in [2.45, 2.75) is 44.4 Å². The van der Waals surface area contributed by atoms with Gasteiger partial charge in [-0.3, -0.25) is 9.59 Å². The fraction of sp³-hybridized carbons (Fsp3) is 0.391. The van der Waals surface area contributed by atoms with Crippen LogP contribution in [0.5, 0.6) is 0 Å². The number of carbonyl (C=O) groups excluding carboxylic acids is 1. The maximum atomic E-state index is 13.2. The van der Waals surface area contributed by atoms with Crippen LogP contribution in [-0.2, 0) is 14.3 Å². The van der Waals surface area contributed by atoms with Crippen molar-refractivity contribution in [3.63, 3.8) is 0 Å². The zero-order valence-electron chi connectivity index (χ0n) is 16.3. The summed E-state index contributed by atoms with van der Waals surface area (Å²) in [5.41, 5.74) is 2.96. The lowest BCUT2D eigenvalue weighted by Crippen LogP contribution is -2.52. The van der Waals surface area contributed by atoms with Crippen molar-refractivity contribution in [2.24, 2.45) is 5.92 Å². The van der Waals surface area contributed by atoms with Crippen LogP contribution in [0.1, 0.15) is 48.1 Å². The Balaban J connectivity index is 1.78. The molecule has 152 valence electrons. The predicted octanol–water partition coefficient (Wildman–Crippen LogP) is 4.54. The van der Waals surface area contributed by atoms with E-state index >= 15 is 0 Å². The standard InChI is InChI=1S/C23H24ClNO4/c1-14-3-2-4-17(11-14)22-21(16-7-9-18(24)10-8-16)25(13-15-5-6-15)23(28)19(29-22)12-20(26)27/h2-4,7-11,15,19,21-22H,5-6,12-13H2,1H3,(H,26,27)/t19-,21+,22-/m0/s1. The fourth-order valence-corrected chi connectivity index (χ4v) is 4.12. The summed E-state index contributed by atoms with van der Waals surface area (Å²) >= 11 is 6.09. The molecule has 2 aromatic rings. The van der Waals surface area contributed by atoms with Crippen LogP contribution in [-0.4, -0.2) is 34.5 Å². The van der Waals surface area contributed by atoms with E-state index in [4.69, 9.17) is 16.3 Å². The number of hydrogen-bond donors (Lipinski definition) is 1. The molecular weight excluding hydrogens is 390 g/mol. The SMILES string of the molecule is Cc1cccc([C@@H]2O[C@@H](CC(=O)O)C(=O)N(CC3CC3)[C@@H]2c2ccc(Cl)cc2)c1. The highest BCUT2D eigenvalue weighted by atomic mass is 35.5. The van der Waals surface area contributed by atoms with Crippen molar-refractivity contribution < 1.29 is 19.4 Å². The number of benzene rings is 2. The summed E-state index contributed by atoms with van der Waals surface area (Å²) in [6.45, 7) is 2.62. The van der Waals surface area contributed by atoms with Gasteiger partial charge in [0.15, 0.2) is 0 Å². The highest BCUT2D eigenvalue weighted by Crippen LogP contribution is 2.45. The minimum Gasteiger partial charge on any atom is -0.481 e. The zero-order chi connectivity index (χ0) is 20.5. The molecule has 2 fully saturated rings. The van der Waals surface area contributed by atoms with E-state index in [1.54, 1.807) is 0 Å². The molecule has 0 spiro atoms. The van der Waals surface area contributed by atoms with Crippen LogP contribution in [0.15, 0.2) is 48.5 Å². The summed E-state index contributed by atoms with van der Waals surface area (Å²) in [7, 11) is 0. The summed E-state index contributed by atoms with van der Waals surface area (Å²) in [4.78, 5) is 26.4. The van der Waals surface area contributed by atoms with Gasteiger partial charge in [0.1, 0.15) is 12.2 Å². The lowest BCUT2D eigenvalue weighted by atomic mass is 9.90. The number of rotatable bonds is 6. The zero-order valence-corrected chi connectivity index (χ0v) is 17.0. The number of aliphatic carboxylic acids is 1. The molecule has 0 unspecified atom stereocenters. The summed E-state index contributed by atoms with van der Waals surface area (Å²) in [6.07, 6.45) is 0.417. The van der Waals surface area contributed by atoms with E-state index in [1.165, 1.54) is 0 Å². The molecule has 4 rings (SSSR count). The van der Waals surface area contributed by atoms with Crippen molar-refractivity contribution >= 4 is 23.5 Å². The van der Waals surface area contributed by atoms with Gasteiger partial charge in [0.2, 0.25) is 0 Å². The number of amides is 1.